The molecule has 0 amide bonds. The summed E-state index contributed by atoms with van der Waals surface area (Å²) in [6.45, 7) is 3.69. The number of hydroxylamine groups is 2. The molecule has 0 spiro atoms. The third-order valence-corrected chi connectivity index (χ3v) is 6.80. The van der Waals surface area contributed by atoms with Gasteiger partial charge in [0.05, 0.1) is 18.7 Å². The molecule has 2 aliphatic heterocycles. The number of halogens is 2. The average Bonchev–Trinajstić information content (AvgIpc) is 3.28. The molecule has 0 saturated carbocycles. The quantitative estimate of drug-likeness (QED) is 0.503. The van der Waals surface area contributed by atoms with Crippen LogP contribution >= 0.6 is 15.9 Å². The first-order valence-corrected chi connectivity index (χ1v) is 11.1. The average molecular weight is 467 g/mol. The lowest BCUT2D eigenvalue weighted by Crippen LogP contribution is -2.46. The first-order chi connectivity index (χ1) is 14.6. The van der Waals surface area contributed by atoms with Crippen LogP contribution in [0.1, 0.15) is 16.7 Å². The number of likely N-dealkylation sites (tertiary alicyclic amines) is 1. The zero-order valence-corrected chi connectivity index (χ0v) is 18.3. The first-order valence-electron chi connectivity index (χ1n) is 10.3. The maximum atomic E-state index is 15.2. The minimum absolute atomic E-state index is 0.173. The Morgan fingerprint density at radius 1 is 0.933 bits per heavy atom. The molecule has 5 heteroatoms. The lowest BCUT2D eigenvalue weighted by Gasteiger charge is -2.37. The van der Waals surface area contributed by atoms with Crippen molar-refractivity contribution in [3.63, 3.8) is 0 Å². The summed E-state index contributed by atoms with van der Waals surface area (Å²) in [7, 11) is 0. The second-order valence-electron chi connectivity index (χ2n) is 8.22. The number of benzene rings is 3. The molecule has 154 valence electrons. The fourth-order valence-corrected chi connectivity index (χ4v) is 5.29. The van der Waals surface area contributed by atoms with Gasteiger partial charge in [-0.2, -0.15) is 5.06 Å². The van der Waals surface area contributed by atoms with Gasteiger partial charge in [-0.15, -0.1) is 0 Å². The molecule has 30 heavy (non-hydrogen) atoms. The van der Waals surface area contributed by atoms with Crippen molar-refractivity contribution in [3.05, 3.63) is 106 Å². The van der Waals surface area contributed by atoms with Gasteiger partial charge in [0.2, 0.25) is 0 Å². The van der Waals surface area contributed by atoms with Crippen LogP contribution in [-0.2, 0) is 23.5 Å². The van der Waals surface area contributed by atoms with Crippen molar-refractivity contribution in [3.8, 4) is 0 Å². The van der Waals surface area contributed by atoms with Crippen molar-refractivity contribution < 1.29 is 9.23 Å². The van der Waals surface area contributed by atoms with Crippen LogP contribution in [0.2, 0.25) is 0 Å². The molecule has 0 aromatic heterocycles. The fourth-order valence-electron chi connectivity index (χ4n) is 4.93. The number of hydrogen-bond donors (Lipinski definition) is 0. The summed E-state index contributed by atoms with van der Waals surface area (Å²) in [5.41, 5.74) is 2.64. The Morgan fingerprint density at radius 2 is 1.60 bits per heavy atom. The third kappa shape index (κ3) is 3.60. The van der Waals surface area contributed by atoms with Crippen LogP contribution < -0.4 is 0 Å². The van der Waals surface area contributed by atoms with E-state index in [0.717, 1.165) is 29.7 Å². The fraction of sp³-hybridized carbons (Fsp3) is 0.280. The Morgan fingerprint density at radius 3 is 2.30 bits per heavy atom. The lowest BCUT2D eigenvalue weighted by atomic mass is 9.81. The monoisotopic (exact) mass is 466 g/mol. The summed E-state index contributed by atoms with van der Waals surface area (Å²) in [5, 5.41) is 2.03. The van der Waals surface area contributed by atoms with Gasteiger partial charge in [-0.25, -0.2) is 4.39 Å². The zero-order chi connectivity index (χ0) is 20.6. The Bertz CT molecular complexity index is 1020. The van der Waals surface area contributed by atoms with Gasteiger partial charge in [0.15, 0.2) is 0 Å². The van der Waals surface area contributed by atoms with Crippen LogP contribution in [0.15, 0.2) is 83.3 Å². The lowest BCUT2D eigenvalue weighted by molar-refractivity contribution is -0.178. The van der Waals surface area contributed by atoms with Crippen molar-refractivity contribution in [2.75, 3.05) is 19.7 Å². The second-order valence-corrected chi connectivity index (χ2v) is 9.13. The zero-order valence-electron chi connectivity index (χ0n) is 16.7. The summed E-state index contributed by atoms with van der Waals surface area (Å²) in [6, 6.07) is 26.0. The van der Waals surface area contributed by atoms with Crippen molar-refractivity contribution in [2.24, 2.45) is 5.92 Å². The summed E-state index contributed by atoms with van der Waals surface area (Å²) in [4.78, 5) is 8.63. The van der Waals surface area contributed by atoms with E-state index in [9.17, 15) is 0 Å². The van der Waals surface area contributed by atoms with Gasteiger partial charge in [-0.3, -0.25) is 9.74 Å². The maximum Gasteiger partial charge on any atom is 0.128 e. The molecule has 3 aromatic rings. The Kier molecular flexibility index (Phi) is 5.46. The SMILES string of the molecule is Fc1ccc(Br)cc1[C@]12CN(Cc3ccccc3)C[C@H]1CON2Cc1ccccc1. The van der Waals surface area contributed by atoms with Gasteiger partial charge in [-0.1, -0.05) is 76.6 Å². The summed E-state index contributed by atoms with van der Waals surface area (Å²) in [6.07, 6.45) is 0. The second kappa shape index (κ2) is 8.23. The molecule has 2 fully saturated rings. The molecule has 0 unspecified atom stereocenters. The van der Waals surface area contributed by atoms with E-state index < -0.39 is 5.54 Å². The summed E-state index contributed by atoms with van der Waals surface area (Å²) in [5.74, 6) is 0.0297. The third-order valence-electron chi connectivity index (χ3n) is 6.31. The maximum absolute atomic E-state index is 15.2. The molecule has 2 heterocycles. The van der Waals surface area contributed by atoms with E-state index in [4.69, 9.17) is 4.84 Å². The van der Waals surface area contributed by atoms with Crippen LogP contribution in [0, 0.1) is 11.7 Å². The Balaban J connectivity index is 1.52. The molecular formula is C25H24BrFN2O. The minimum Gasteiger partial charge on any atom is -0.297 e. The molecule has 2 saturated heterocycles. The van der Waals surface area contributed by atoms with Crippen LogP contribution in [0.3, 0.4) is 0 Å². The van der Waals surface area contributed by atoms with Crippen molar-refractivity contribution in [1.82, 2.24) is 9.96 Å². The highest BCUT2D eigenvalue weighted by Crippen LogP contribution is 2.49. The molecule has 0 N–H and O–H groups in total. The minimum atomic E-state index is -0.515. The first kappa shape index (κ1) is 19.9. The molecule has 5 rings (SSSR count). The molecule has 0 bridgehead atoms. The van der Waals surface area contributed by atoms with Gasteiger partial charge in [0.1, 0.15) is 5.82 Å². The number of rotatable bonds is 5. The smallest absolute Gasteiger partial charge is 0.128 e. The Hall–Kier alpha value is -2.05. The highest BCUT2D eigenvalue weighted by atomic mass is 79.9. The van der Waals surface area contributed by atoms with Gasteiger partial charge in [0.25, 0.3) is 0 Å². The Labute approximate surface area is 185 Å². The van der Waals surface area contributed by atoms with Crippen molar-refractivity contribution in [2.45, 2.75) is 18.6 Å². The van der Waals surface area contributed by atoms with E-state index >= 15 is 4.39 Å². The van der Waals surface area contributed by atoms with E-state index in [2.05, 4.69) is 57.2 Å². The van der Waals surface area contributed by atoms with Crippen LogP contribution in [0.25, 0.3) is 0 Å². The van der Waals surface area contributed by atoms with Gasteiger partial charge in [0, 0.05) is 35.6 Å². The molecule has 0 aliphatic carbocycles. The molecule has 3 aromatic carbocycles. The molecule has 2 aliphatic rings. The van der Waals surface area contributed by atoms with Crippen LogP contribution in [0.5, 0.6) is 0 Å². The molecular weight excluding hydrogens is 443 g/mol. The van der Waals surface area contributed by atoms with E-state index in [0.29, 0.717) is 18.7 Å². The van der Waals surface area contributed by atoms with Crippen molar-refractivity contribution in [1.29, 1.82) is 0 Å². The highest BCUT2D eigenvalue weighted by Gasteiger charge is 2.57. The van der Waals surface area contributed by atoms with Crippen molar-refractivity contribution >= 4 is 15.9 Å². The summed E-state index contributed by atoms with van der Waals surface area (Å²) >= 11 is 3.55. The van der Waals surface area contributed by atoms with E-state index in [1.807, 2.05) is 35.4 Å². The molecule has 0 radical (unpaired) electrons. The normalized spacial score (nSPS) is 24.3. The number of hydrogen-bond acceptors (Lipinski definition) is 3. The van der Waals surface area contributed by atoms with Crippen LogP contribution in [0.4, 0.5) is 4.39 Å². The van der Waals surface area contributed by atoms with Gasteiger partial charge in [-0.05, 0) is 29.3 Å². The predicted octanol–water partition coefficient (Wildman–Crippen LogP) is 5.36. The van der Waals surface area contributed by atoms with E-state index in [1.165, 1.54) is 5.56 Å². The standard InChI is InChI=1S/C25H24BrFN2O/c26-22-11-12-24(27)23(13-22)25-18-28(14-19-7-3-1-4-8-19)16-21(25)17-30-29(25)15-20-9-5-2-6-10-20/h1-13,21H,14-18H2/t21-,25-/m0/s1. The van der Waals surface area contributed by atoms with Crippen LogP contribution in [-0.4, -0.2) is 29.7 Å². The van der Waals surface area contributed by atoms with Gasteiger partial charge < -0.3 is 0 Å². The number of fused-ring (bicyclic) bond motifs is 1. The van der Waals surface area contributed by atoms with E-state index in [1.54, 1.807) is 12.1 Å². The molecule has 2 atom stereocenters. The van der Waals surface area contributed by atoms with E-state index in [-0.39, 0.29) is 11.7 Å². The largest absolute Gasteiger partial charge is 0.297 e. The predicted molar refractivity (Wildman–Crippen MR) is 119 cm³/mol. The summed E-state index contributed by atoms with van der Waals surface area (Å²) < 4.78 is 16.1. The van der Waals surface area contributed by atoms with Gasteiger partial charge >= 0.3 is 0 Å². The highest BCUT2D eigenvalue weighted by molar-refractivity contribution is 9.10. The molecule has 3 nitrogen and oxygen atoms in total. The topological polar surface area (TPSA) is 15.7 Å². The number of nitrogens with zero attached hydrogens (tertiary/aromatic N) is 2.